The van der Waals surface area contributed by atoms with E-state index in [0.717, 1.165) is 6.42 Å². The van der Waals surface area contributed by atoms with Crippen LogP contribution in [-0.2, 0) is 9.59 Å². The number of rotatable bonds is 6. The Morgan fingerprint density at radius 1 is 1.00 bits per heavy atom. The standard InChI is InChI=1S/C6H13NO2.C6H12O3/c2*1-3-4(2)5(7)6(8)9/h4-5H,3,7H2,1-2H3,(H,8,9);4-5,7H,3H2,1-2H3,(H,8,9)/t4-,5-;/m0./s1. The molecule has 0 rings (SSSR count). The lowest BCUT2D eigenvalue weighted by Crippen LogP contribution is -2.36. The second-order valence-electron chi connectivity index (χ2n) is 4.42. The van der Waals surface area contributed by atoms with Gasteiger partial charge >= 0.3 is 11.9 Å². The number of carboxylic acid groups (broad SMARTS) is 2. The zero-order chi connectivity index (χ0) is 14.9. The Balaban J connectivity index is 0. The van der Waals surface area contributed by atoms with E-state index in [1.807, 2.05) is 20.8 Å². The summed E-state index contributed by atoms with van der Waals surface area (Å²) in [7, 11) is 0. The minimum absolute atomic E-state index is 0.0718. The Kier molecular flexibility index (Phi) is 10.5. The summed E-state index contributed by atoms with van der Waals surface area (Å²) < 4.78 is 0. The molecular weight excluding hydrogens is 238 g/mol. The summed E-state index contributed by atoms with van der Waals surface area (Å²) in [6.07, 6.45) is 0.302. The molecule has 0 aromatic carbocycles. The lowest BCUT2D eigenvalue weighted by Gasteiger charge is -2.11. The smallest absolute Gasteiger partial charge is 0.332 e. The van der Waals surface area contributed by atoms with Gasteiger partial charge in [-0.1, -0.05) is 40.5 Å². The van der Waals surface area contributed by atoms with Gasteiger partial charge in [0.05, 0.1) is 0 Å². The SMILES string of the molecule is CCC(C)C(O)C(=O)O.CC[C@H](C)[C@H](N)C(=O)O. The van der Waals surface area contributed by atoms with Gasteiger partial charge in [0.1, 0.15) is 6.04 Å². The number of carboxylic acids is 2. The van der Waals surface area contributed by atoms with Gasteiger partial charge in [-0.3, -0.25) is 4.79 Å². The van der Waals surface area contributed by atoms with E-state index >= 15 is 0 Å². The summed E-state index contributed by atoms with van der Waals surface area (Å²) >= 11 is 0. The van der Waals surface area contributed by atoms with Crippen LogP contribution in [0.1, 0.15) is 40.5 Å². The van der Waals surface area contributed by atoms with Crippen LogP contribution in [0.3, 0.4) is 0 Å². The molecule has 0 aliphatic rings. The van der Waals surface area contributed by atoms with Gasteiger partial charge in [-0.2, -0.15) is 0 Å². The van der Waals surface area contributed by atoms with Gasteiger partial charge in [0.25, 0.3) is 0 Å². The third-order valence-electron chi connectivity index (χ3n) is 2.98. The second kappa shape index (κ2) is 9.85. The van der Waals surface area contributed by atoms with Crippen LogP contribution in [0, 0.1) is 11.8 Å². The maximum absolute atomic E-state index is 10.2. The fourth-order valence-electron chi connectivity index (χ4n) is 0.964. The highest BCUT2D eigenvalue weighted by molar-refractivity contribution is 5.73. The molecule has 0 spiro atoms. The number of carbonyl (C=O) groups is 2. The minimum Gasteiger partial charge on any atom is -0.480 e. The number of nitrogens with two attached hydrogens (primary N) is 1. The highest BCUT2D eigenvalue weighted by Crippen LogP contribution is 2.06. The van der Waals surface area contributed by atoms with Gasteiger partial charge < -0.3 is 21.1 Å². The van der Waals surface area contributed by atoms with Crippen molar-refractivity contribution in [3.63, 3.8) is 0 Å². The minimum atomic E-state index is -1.20. The van der Waals surface area contributed by atoms with E-state index in [1.165, 1.54) is 0 Å². The largest absolute Gasteiger partial charge is 0.480 e. The van der Waals surface area contributed by atoms with Gasteiger partial charge in [-0.15, -0.1) is 0 Å². The van der Waals surface area contributed by atoms with Gasteiger partial charge in [-0.05, 0) is 11.8 Å². The quantitative estimate of drug-likeness (QED) is 0.565. The molecule has 6 heteroatoms. The van der Waals surface area contributed by atoms with Crippen molar-refractivity contribution in [2.45, 2.75) is 52.7 Å². The molecule has 0 aromatic heterocycles. The average molecular weight is 263 g/mol. The zero-order valence-corrected chi connectivity index (χ0v) is 11.5. The van der Waals surface area contributed by atoms with E-state index in [2.05, 4.69) is 0 Å². The van der Waals surface area contributed by atoms with Gasteiger partial charge in [0.15, 0.2) is 6.10 Å². The molecule has 0 heterocycles. The van der Waals surface area contributed by atoms with E-state index < -0.39 is 24.1 Å². The fraction of sp³-hybridized carbons (Fsp3) is 0.833. The van der Waals surface area contributed by atoms with E-state index in [0.29, 0.717) is 6.42 Å². The summed E-state index contributed by atoms with van der Waals surface area (Å²) in [6, 6.07) is -0.699. The van der Waals surface area contributed by atoms with Gasteiger partial charge in [0, 0.05) is 0 Å². The molecule has 108 valence electrons. The van der Waals surface area contributed by atoms with E-state index in [1.54, 1.807) is 6.92 Å². The van der Waals surface area contributed by atoms with Crippen molar-refractivity contribution in [3.8, 4) is 0 Å². The Morgan fingerprint density at radius 2 is 1.39 bits per heavy atom. The average Bonchev–Trinajstić information content (AvgIpc) is 2.35. The van der Waals surface area contributed by atoms with Crippen molar-refractivity contribution >= 4 is 11.9 Å². The van der Waals surface area contributed by atoms with Crippen molar-refractivity contribution in [1.29, 1.82) is 0 Å². The van der Waals surface area contributed by atoms with Gasteiger partial charge in [0.2, 0.25) is 0 Å². The summed E-state index contributed by atoms with van der Waals surface area (Å²) in [4.78, 5) is 20.2. The third-order valence-corrected chi connectivity index (χ3v) is 2.98. The molecule has 0 saturated heterocycles. The predicted octanol–water partition coefficient (Wildman–Crippen LogP) is 0.922. The number of aliphatic hydroxyl groups excluding tert-OH is 1. The predicted molar refractivity (Wildman–Crippen MR) is 68.2 cm³/mol. The van der Waals surface area contributed by atoms with Crippen LogP contribution in [0.5, 0.6) is 0 Å². The van der Waals surface area contributed by atoms with Gasteiger partial charge in [-0.25, -0.2) is 4.79 Å². The Hall–Kier alpha value is -1.14. The fourth-order valence-corrected chi connectivity index (χ4v) is 0.964. The molecule has 5 N–H and O–H groups in total. The molecule has 0 saturated carbocycles. The first-order valence-electron chi connectivity index (χ1n) is 6.08. The summed E-state index contributed by atoms with van der Waals surface area (Å²) in [5.74, 6) is -2.13. The molecule has 0 fully saturated rings. The monoisotopic (exact) mass is 263 g/mol. The van der Waals surface area contributed by atoms with Crippen molar-refractivity contribution in [3.05, 3.63) is 0 Å². The molecule has 0 bridgehead atoms. The first-order valence-corrected chi connectivity index (χ1v) is 6.08. The first-order chi connectivity index (χ1) is 8.18. The number of aliphatic hydroxyl groups is 1. The zero-order valence-electron chi connectivity index (χ0n) is 11.5. The summed E-state index contributed by atoms with van der Waals surface area (Å²) in [6.45, 7) is 7.31. The molecule has 6 nitrogen and oxygen atoms in total. The maximum Gasteiger partial charge on any atom is 0.332 e. The van der Waals surface area contributed by atoms with Crippen LogP contribution in [0.2, 0.25) is 0 Å². The van der Waals surface area contributed by atoms with Crippen LogP contribution in [0.25, 0.3) is 0 Å². The van der Waals surface area contributed by atoms with Crippen molar-refractivity contribution in [2.75, 3.05) is 0 Å². The topological polar surface area (TPSA) is 121 Å². The van der Waals surface area contributed by atoms with E-state index in [4.69, 9.17) is 21.1 Å². The lowest BCUT2D eigenvalue weighted by molar-refractivity contribution is -0.149. The lowest BCUT2D eigenvalue weighted by atomic mass is 10.0. The molecule has 0 radical (unpaired) electrons. The van der Waals surface area contributed by atoms with Crippen LogP contribution in [-0.4, -0.2) is 39.4 Å². The number of hydrogen-bond acceptors (Lipinski definition) is 4. The number of aliphatic carboxylic acids is 2. The molecule has 0 amide bonds. The van der Waals surface area contributed by atoms with E-state index in [-0.39, 0.29) is 11.8 Å². The van der Waals surface area contributed by atoms with Crippen LogP contribution in [0.15, 0.2) is 0 Å². The van der Waals surface area contributed by atoms with Crippen LogP contribution in [0.4, 0.5) is 0 Å². The molecule has 0 aromatic rings. The highest BCUT2D eigenvalue weighted by Gasteiger charge is 2.19. The molecule has 18 heavy (non-hydrogen) atoms. The Bertz CT molecular complexity index is 231. The first kappa shape index (κ1) is 19.2. The molecule has 4 atom stereocenters. The van der Waals surface area contributed by atoms with Crippen LogP contribution < -0.4 is 5.73 Å². The Labute approximate surface area is 108 Å². The normalized spacial score (nSPS) is 16.8. The van der Waals surface area contributed by atoms with Crippen LogP contribution >= 0.6 is 0 Å². The van der Waals surface area contributed by atoms with Crippen molar-refractivity contribution in [1.82, 2.24) is 0 Å². The summed E-state index contributed by atoms with van der Waals surface area (Å²) in [5.41, 5.74) is 5.27. The second-order valence-corrected chi connectivity index (χ2v) is 4.42. The van der Waals surface area contributed by atoms with Crippen molar-refractivity contribution in [2.24, 2.45) is 17.6 Å². The highest BCUT2D eigenvalue weighted by atomic mass is 16.4. The molecule has 0 aliphatic carbocycles. The third kappa shape index (κ3) is 8.03. The molecular formula is C12H25NO5. The number of hydrogen-bond donors (Lipinski definition) is 4. The molecule has 0 aliphatic heterocycles. The molecule has 2 unspecified atom stereocenters. The van der Waals surface area contributed by atoms with Crippen molar-refractivity contribution < 1.29 is 24.9 Å². The summed E-state index contributed by atoms with van der Waals surface area (Å²) in [5, 5.41) is 25.4. The maximum atomic E-state index is 10.2. The van der Waals surface area contributed by atoms with E-state index in [9.17, 15) is 9.59 Å². The Morgan fingerprint density at radius 3 is 1.50 bits per heavy atom.